The summed E-state index contributed by atoms with van der Waals surface area (Å²) in [4.78, 5) is -0.469. The molecule has 1 aromatic rings. The normalized spacial score (nSPS) is 12.9. The summed E-state index contributed by atoms with van der Waals surface area (Å²) in [6.07, 6.45) is 0.792. The van der Waals surface area contributed by atoms with Gasteiger partial charge in [-0.15, -0.1) is 0 Å². The number of halogens is 4. The topological polar surface area (TPSA) is 34.1 Å². The van der Waals surface area contributed by atoms with Gasteiger partial charge in [-0.2, -0.15) is 0 Å². The van der Waals surface area contributed by atoms with Gasteiger partial charge in [0.25, 0.3) is 0 Å². The second kappa shape index (κ2) is 3.51. The molecule has 0 bridgehead atoms. The van der Waals surface area contributed by atoms with E-state index in [2.05, 4.69) is 0 Å². The van der Waals surface area contributed by atoms with E-state index >= 15 is 0 Å². The molecule has 0 saturated carbocycles. The monoisotopic (exact) mass is 241 g/mol. The quantitative estimate of drug-likeness (QED) is 0.577. The fourth-order valence-corrected chi connectivity index (χ4v) is 1.64. The van der Waals surface area contributed by atoms with E-state index in [4.69, 9.17) is 0 Å². The fraction of sp³-hybridized carbons (Fsp3) is 0.143. The van der Waals surface area contributed by atoms with Crippen molar-refractivity contribution in [2.45, 2.75) is 4.90 Å². The average molecular weight is 241 g/mol. The smallest absolute Gasteiger partial charge is 0.445 e. The van der Waals surface area contributed by atoms with Crippen LogP contribution in [0.1, 0.15) is 0 Å². The van der Waals surface area contributed by atoms with Crippen molar-refractivity contribution in [2.75, 3.05) is 6.26 Å². The van der Waals surface area contributed by atoms with Gasteiger partial charge in [-0.3, -0.25) is 0 Å². The van der Waals surface area contributed by atoms with Gasteiger partial charge in [0.2, 0.25) is 0 Å². The molecule has 0 fully saturated rings. The molecule has 8 heteroatoms. The Morgan fingerprint density at radius 1 is 1.20 bits per heavy atom. The Kier molecular flexibility index (Phi) is 2.82. The number of hydrogen-bond acceptors (Lipinski definition) is 2. The minimum absolute atomic E-state index is 0.375. The first kappa shape index (κ1) is 12.0. The number of benzene rings is 1. The Morgan fingerprint density at radius 3 is 2.07 bits per heavy atom. The molecular weight excluding hydrogens is 235 g/mol. The molecule has 0 heterocycles. The predicted octanol–water partition coefficient (Wildman–Crippen LogP) is 1.28. The summed E-state index contributed by atoms with van der Waals surface area (Å²) in [5, 5.41) is 0. The minimum atomic E-state index is -5.45. The Morgan fingerprint density at radius 2 is 1.73 bits per heavy atom. The molecular formula is C7H6BF4O2S-. The van der Waals surface area contributed by atoms with Gasteiger partial charge in [0.1, 0.15) is 0 Å². The van der Waals surface area contributed by atoms with Crippen LogP contribution in [0.3, 0.4) is 0 Å². The molecule has 84 valence electrons. The molecule has 0 unspecified atom stereocenters. The molecule has 1 rings (SSSR count). The summed E-state index contributed by atoms with van der Waals surface area (Å²) >= 11 is 0. The maximum Gasteiger partial charge on any atom is 0.512 e. The lowest BCUT2D eigenvalue weighted by Crippen LogP contribution is -2.36. The molecule has 0 aliphatic carbocycles. The zero-order chi connectivity index (χ0) is 11.9. The van der Waals surface area contributed by atoms with Gasteiger partial charge in [0, 0.05) is 6.26 Å². The predicted molar refractivity (Wildman–Crippen MR) is 48.2 cm³/mol. The third kappa shape index (κ3) is 2.71. The van der Waals surface area contributed by atoms with Gasteiger partial charge in [-0.05, 0) is 12.1 Å². The van der Waals surface area contributed by atoms with Crippen molar-refractivity contribution in [1.29, 1.82) is 0 Å². The van der Waals surface area contributed by atoms with Gasteiger partial charge in [-0.1, -0.05) is 11.5 Å². The van der Waals surface area contributed by atoms with Crippen LogP contribution in [0.5, 0.6) is 0 Å². The highest BCUT2D eigenvalue weighted by molar-refractivity contribution is 7.90. The minimum Gasteiger partial charge on any atom is -0.445 e. The molecule has 0 aliphatic heterocycles. The first-order valence-corrected chi connectivity index (χ1v) is 5.71. The second-order valence-electron chi connectivity index (χ2n) is 3.03. The molecule has 2 nitrogen and oxygen atoms in total. The number of rotatable bonds is 2. The van der Waals surface area contributed by atoms with Crippen molar-refractivity contribution in [3.8, 4) is 0 Å². The van der Waals surface area contributed by atoms with Crippen molar-refractivity contribution in [1.82, 2.24) is 0 Å². The zero-order valence-electron chi connectivity index (χ0n) is 7.55. The molecule has 0 saturated heterocycles. The standard InChI is InChI=1S/C7H6BF4O2S/c1-15(13,14)5-2-3-6(7(9)4-5)8(10,11)12/h2-4H,1H3/q-1. The van der Waals surface area contributed by atoms with E-state index < -0.39 is 33.0 Å². The molecule has 0 atom stereocenters. The second-order valence-corrected chi connectivity index (χ2v) is 5.05. The van der Waals surface area contributed by atoms with Gasteiger partial charge >= 0.3 is 6.98 Å². The Balaban J connectivity index is 3.34. The molecule has 0 aromatic heterocycles. The van der Waals surface area contributed by atoms with Gasteiger partial charge in [0.15, 0.2) is 9.84 Å². The van der Waals surface area contributed by atoms with Crippen molar-refractivity contribution < 1.29 is 25.8 Å². The highest BCUT2D eigenvalue weighted by Gasteiger charge is 2.29. The van der Waals surface area contributed by atoms with Crippen LogP contribution < -0.4 is 5.46 Å². The molecule has 1 aromatic carbocycles. The lowest BCUT2D eigenvalue weighted by atomic mass is 9.80. The first-order valence-electron chi connectivity index (χ1n) is 3.82. The van der Waals surface area contributed by atoms with Gasteiger partial charge < -0.3 is 12.9 Å². The van der Waals surface area contributed by atoms with Crippen LogP contribution in [0.25, 0.3) is 0 Å². The Bertz CT molecular complexity index is 480. The maximum absolute atomic E-state index is 12.9. The summed E-state index contributed by atoms with van der Waals surface area (Å²) in [5.74, 6) is -1.56. The van der Waals surface area contributed by atoms with Crippen molar-refractivity contribution in [3.05, 3.63) is 24.0 Å². The number of hydrogen-bond donors (Lipinski definition) is 0. The summed E-state index contributed by atoms with van der Waals surface area (Å²) < 4.78 is 71.2. The van der Waals surface area contributed by atoms with E-state index in [0.29, 0.717) is 12.1 Å². The van der Waals surface area contributed by atoms with Crippen LogP contribution in [-0.4, -0.2) is 21.7 Å². The Labute approximate surface area is 83.9 Å². The SMILES string of the molecule is CS(=O)(=O)c1ccc([B-](F)(F)F)c(F)c1. The van der Waals surface area contributed by atoms with E-state index in [-0.39, 0.29) is 0 Å². The van der Waals surface area contributed by atoms with Crippen LogP contribution in [0.2, 0.25) is 0 Å². The highest BCUT2D eigenvalue weighted by Crippen LogP contribution is 2.15. The van der Waals surface area contributed by atoms with Gasteiger partial charge in [0.05, 0.1) is 10.7 Å². The maximum atomic E-state index is 12.9. The first-order chi connectivity index (χ1) is 6.62. The van der Waals surface area contributed by atoms with Crippen molar-refractivity contribution in [2.24, 2.45) is 0 Å². The summed E-state index contributed by atoms with van der Waals surface area (Å²) in [6.45, 7) is -5.45. The van der Waals surface area contributed by atoms with Crippen LogP contribution in [-0.2, 0) is 9.84 Å². The molecule has 0 radical (unpaired) electrons. The van der Waals surface area contributed by atoms with Gasteiger partial charge in [-0.25, -0.2) is 12.8 Å². The van der Waals surface area contributed by atoms with E-state index in [1.54, 1.807) is 0 Å². The third-order valence-corrected chi connectivity index (χ3v) is 2.86. The fourth-order valence-electron chi connectivity index (χ4n) is 1.00. The third-order valence-electron chi connectivity index (χ3n) is 1.75. The number of sulfone groups is 1. The van der Waals surface area contributed by atoms with Crippen LogP contribution in [0.15, 0.2) is 23.1 Å². The van der Waals surface area contributed by atoms with Crippen LogP contribution in [0.4, 0.5) is 17.3 Å². The highest BCUT2D eigenvalue weighted by atomic mass is 32.2. The molecule has 15 heavy (non-hydrogen) atoms. The average Bonchev–Trinajstić information content (AvgIpc) is 1.99. The lowest BCUT2D eigenvalue weighted by Gasteiger charge is -2.15. The Hall–Kier alpha value is -1.05. The van der Waals surface area contributed by atoms with E-state index in [0.717, 1.165) is 12.3 Å². The zero-order valence-corrected chi connectivity index (χ0v) is 8.36. The van der Waals surface area contributed by atoms with Crippen LogP contribution >= 0.6 is 0 Å². The van der Waals surface area contributed by atoms with Crippen molar-refractivity contribution >= 4 is 22.3 Å². The van der Waals surface area contributed by atoms with Crippen LogP contribution in [0, 0.1) is 5.82 Å². The molecule has 0 spiro atoms. The summed E-state index contributed by atoms with van der Waals surface area (Å²) in [6, 6.07) is 1.55. The van der Waals surface area contributed by atoms with Crippen molar-refractivity contribution in [3.63, 3.8) is 0 Å². The van der Waals surface area contributed by atoms with E-state index in [1.807, 2.05) is 0 Å². The van der Waals surface area contributed by atoms with E-state index in [9.17, 15) is 25.8 Å². The molecule has 0 amide bonds. The lowest BCUT2D eigenvalue weighted by molar-refractivity contribution is 0.493. The largest absolute Gasteiger partial charge is 0.512 e. The molecule has 0 aliphatic rings. The molecule has 0 N–H and O–H groups in total. The van der Waals surface area contributed by atoms with E-state index in [1.165, 1.54) is 0 Å². The summed E-state index contributed by atoms with van der Waals surface area (Å²) in [5.41, 5.74) is -1.41. The summed E-state index contributed by atoms with van der Waals surface area (Å²) in [7, 11) is -3.69.